The third kappa shape index (κ3) is 5.43. The van der Waals surface area contributed by atoms with Crippen LogP contribution in [0.3, 0.4) is 0 Å². The average molecular weight is 830 g/mol. The minimum atomic E-state index is -3.03. The largest absolute Gasteiger partial charge is 0.309 e. The standard InChI is InChI=1S/C62H43NSi/c1-4-19-42(20-5-1)44-23-16-28-48(39-44)64(47-26-8-3-9-27-47,49-29-17-24-45(40-49)43-21-6-2-7-22-43)50-30-18-25-46(41-50)63-57-36-15-14-35-55(57)61-58(63)38-37-56-59-51-31-10-12-33-53(51)60(62(56)61)54-34-13-11-32-52(54)59/h1-41,59-60H. The number of hydrogen-bond acceptors (Lipinski definition) is 0. The molecule has 1 nitrogen and oxygen atoms in total. The first-order valence-corrected chi connectivity index (χ1v) is 24.5. The van der Waals surface area contributed by atoms with Crippen LogP contribution in [0.1, 0.15) is 45.2 Å². The van der Waals surface area contributed by atoms with Crippen molar-refractivity contribution < 1.29 is 0 Å². The maximum atomic E-state index is 2.56. The van der Waals surface area contributed by atoms with Gasteiger partial charge in [0.15, 0.2) is 8.07 Å². The van der Waals surface area contributed by atoms with Crippen molar-refractivity contribution in [3.63, 3.8) is 0 Å². The van der Waals surface area contributed by atoms with Gasteiger partial charge in [0, 0.05) is 28.3 Å². The van der Waals surface area contributed by atoms with E-state index in [1.54, 1.807) is 0 Å². The fourth-order valence-electron chi connectivity index (χ4n) is 11.7. The number of rotatable bonds is 7. The summed E-state index contributed by atoms with van der Waals surface area (Å²) in [5, 5.41) is 8.08. The molecular formula is C62H43NSi. The van der Waals surface area contributed by atoms with Crippen molar-refractivity contribution in [3.8, 4) is 27.9 Å². The Hall–Kier alpha value is -7.78. The Labute approximate surface area is 375 Å². The van der Waals surface area contributed by atoms with Crippen LogP contribution in [0.15, 0.2) is 249 Å². The van der Waals surface area contributed by atoms with Crippen LogP contribution < -0.4 is 20.7 Å². The van der Waals surface area contributed by atoms with Crippen molar-refractivity contribution in [2.24, 2.45) is 0 Å². The van der Waals surface area contributed by atoms with Gasteiger partial charge in [0.2, 0.25) is 0 Å². The first-order valence-electron chi connectivity index (χ1n) is 22.5. The summed E-state index contributed by atoms with van der Waals surface area (Å²) in [6, 6.07) is 93.8. The third-order valence-electron chi connectivity index (χ3n) is 14.3. The van der Waals surface area contributed by atoms with E-state index in [1.807, 2.05) is 0 Å². The summed E-state index contributed by atoms with van der Waals surface area (Å²) in [4.78, 5) is 0. The Bertz CT molecular complexity index is 3440. The van der Waals surface area contributed by atoms with E-state index < -0.39 is 8.07 Å². The minimum Gasteiger partial charge on any atom is -0.309 e. The lowest BCUT2D eigenvalue weighted by atomic mass is 9.60. The van der Waals surface area contributed by atoms with Gasteiger partial charge in [-0.1, -0.05) is 224 Å². The van der Waals surface area contributed by atoms with Crippen molar-refractivity contribution in [1.82, 2.24) is 4.57 Å². The van der Waals surface area contributed by atoms with E-state index in [1.165, 1.54) is 104 Å². The molecule has 0 amide bonds. The number of aromatic nitrogens is 1. The Morgan fingerprint density at radius 1 is 0.297 bits per heavy atom. The van der Waals surface area contributed by atoms with E-state index in [0.29, 0.717) is 0 Å². The first-order chi connectivity index (χ1) is 31.8. The molecule has 0 unspecified atom stereocenters. The smallest absolute Gasteiger partial charge is 0.179 e. The number of benzene rings is 10. The molecule has 0 spiro atoms. The lowest BCUT2D eigenvalue weighted by Gasteiger charge is -2.42. The van der Waals surface area contributed by atoms with E-state index in [4.69, 9.17) is 0 Å². The van der Waals surface area contributed by atoms with Crippen LogP contribution >= 0.6 is 0 Å². The Kier molecular flexibility index (Phi) is 8.44. The SMILES string of the molecule is c1ccc(-c2cccc([Si](c3ccccc3)(c3cccc(-c4ccccc4)c3)c3cccc(-n4c5ccccc5c5c6c(ccc54)C4c5ccccc5C6c5ccccc54)c3)c2)cc1. The van der Waals surface area contributed by atoms with Gasteiger partial charge in [-0.15, -0.1) is 0 Å². The summed E-state index contributed by atoms with van der Waals surface area (Å²) in [7, 11) is -3.03. The molecule has 1 heterocycles. The zero-order valence-corrected chi connectivity index (χ0v) is 36.3. The number of para-hydroxylation sites is 1. The molecule has 14 rings (SSSR count). The Morgan fingerprint density at radius 3 is 1.34 bits per heavy atom. The summed E-state index contributed by atoms with van der Waals surface area (Å²) < 4.78 is 2.56. The highest BCUT2D eigenvalue weighted by Gasteiger charge is 2.44. The molecule has 300 valence electrons. The summed E-state index contributed by atoms with van der Waals surface area (Å²) in [6.07, 6.45) is 0. The minimum absolute atomic E-state index is 0.175. The molecule has 0 aliphatic heterocycles. The maximum Gasteiger partial charge on any atom is 0.179 e. The lowest BCUT2D eigenvalue weighted by Crippen LogP contribution is -2.74. The fourth-order valence-corrected chi connectivity index (χ4v) is 16.5. The predicted octanol–water partition coefficient (Wildman–Crippen LogP) is 12.5. The van der Waals surface area contributed by atoms with Gasteiger partial charge < -0.3 is 4.57 Å². The quantitative estimate of drug-likeness (QED) is 0.111. The zero-order valence-electron chi connectivity index (χ0n) is 35.3. The molecule has 0 radical (unpaired) electrons. The molecule has 11 aromatic rings. The van der Waals surface area contributed by atoms with Crippen molar-refractivity contribution >= 4 is 50.6 Å². The molecule has 3 aliphatic carbocycles. The van der Waals surface area contributed by atoms with Gasteiger partial charge >= 0.3 is 0 Å². The fraction of sp³-hybridized carbons (Fsp3) is 0.0323. The molecule has 3 aliphatic rings. The van der Waals surface area contributed by atoms with Gasteiger partial charge in [-0.25, -0.2) is 0 Å². The zero-order chi connectivity index (χ0) is 42.2. The molecule has 2 heteroatoms. The normalized spacial score (nSPS) is 14.9. The first kappa shape index (κ1) is 36.8. The van der Waals surface area contributed by atoms with E-state index >= 15 is 0 Å². The monoisotopic (exact) mass is 829 g/mol. The van der Waals surface area contributed by atoms with Crippen LogP contribution in [-0.2, 0) is 0 Å². The van der Waals surface area contributed by atoms with Crippen LogP contribution in [0.25, 0.3) is 49.7 Å². The molecule has 0 saturated heterocycles. The molecule has 0 N–H and O–H groups in total. The summed E-state index contributed by atoms with van der Waals surface area (Å²) in [6.45, 7) is 0. The van der Waals surface area contributed by atoms with Crippen molar-refractivity contribution in [2.75, 3.05) is 0 Å². The van der Waals surface area contributed by atoms with Crippen LogP contribution in [0.2, 0.25) is 0 Å². The number of hydrogen-bond donors (Lipinski definition) is 0. The second-order valence-electron chi connectivity index (χ2n) is 17.5. The third-order valence-corrected chi connectivity index (χ3v) is 19.0. The van der Waals surface area contributed by atoms with Crippen molar-refractivity contribution in [2.45, 2.75) is 11.8 Å². The molecule has 0 fully saturated rings. The van der Waals surface area contributed by atoms with Gasteiger partial charge in [0.25, 0.3) is 0 Å². The highest BCUT2D eigenvalue weighted by molar-refractivity contribution is 7.20. The van der Waals surface area contributed by atoms with Crippen molar-refractivity contribution in [3.05, 3.63) is 282 Å². The molecule has 1 aromatic heterocycles. The van der Waals surface area contributed by atoms with Gasteiger partial charge in [-0.2, -0.15) is 0 Å². The van der Waals surface area contributed by atoms with Crippen molar-refractivity contribution in [1.29, 1.82) is 0 Å². The average Bonchev–Trinajstić information content (AvgIpc) is 3.72. The van der Waals surface area contributed by atoms with Crippen LogP contribution in [0.5, 0.6) is 0 Å². The highest BCUT2D eigenvalue weighted by Crippen LogP contribution is 2.58. The van der Waals surface area contributed by atoms with Gasteiger partial charge in [-0.3, -0.25) is 0 Å². The van der Waals surface area contributed by atoms with Crippen LogP contribution in [0, 0.1) is 0 Å². The topological polar surface area (TPSA) is 4.93 Å². The number of fused-ring (bicyclic) bond motifs is 3. The highest BCUT2D eigenvalue weighted by atomic mass is 28.3. The number of nitrogens with zero attached hydrogens (tertiary/aromatic N) is 1. The molecular weight excluding hydrogens is 787 g/mol. The lowest BCUT2D eigenvalue weighted by molar-refractivity contribution is 0.761. The second kappa shape index (κ2) is 14.7. The Balaban J connectivity index is 1.09. The van der Waals surface area contributed by atoms with E-state index in [9.17, 15) is 0 Å². The van der Waals surface area contributed by atoms with Gasteiger partial charge in [-0.05, 0) is 101 Å². The Morgan fingerprint density at radius 2 is 0.750 bits per heavy atom. The van der Waals surface area contributed by atoms with Gasteiger partial charge in [0.1, 0.15) is 0 Å². The predicted molar refractivity (Wildman–Crippen MR) is 270 cm³/mol. The molecule has 64 heavy (non-hydrogen) atoms. The maximum absolute atomic E-state index is 3.03. The van der Waals surface area contributed by atoms with Crippen LogP contribution in [-0.4, -0.2) is 12.6 Å². The van der Waals surface area contributed by atoms with Gasteiger partial charge in [0.05, 0.1) is 11.0 Å². The molecule has 2 bridgehead atoms. The summed E-state index contributed by atoms with van der Waals surface area (Å²) in [5.74, 6) is 0.395. The second-order valence-corrected chi connectivity index (χ2v) is 21.3. The van der Waals surface area contributed by atoms with Crippen LogP contribution in [0.4, 0.5) is 0 Å². The van der Waals surface area contributed by atoms with E-state index in [0.717, 1.165) is 0 Å². The summed E-state index contributed by atoms with van der Waals surface area (Å²) in [5.41, 5.74) is 17.3. The molecule has 0 atom stereocenters. The molecule has 0 saturated carbocycles. The van der Waals surface area contributed by atoms with E-state index in [-0.39, 0.29) is 11.8 Å². The van der Waals surface area contributed by atoms with E-state index in [2.05, 4.69) is 253 Å². The summed E-state index contributed by atoms with van der Waals surface area (Å²) >= 11 is 0. The molecule has 10 aromatic carbocycles.